The molecule has 5 aromatic rings. The van der Waals surface area contributed by atoms with E-state index in [-0.39, 0.29) is 7.43 Å². The Balaban J connectivity index is 0.000000184. The van der Waals surface area contributed by atoms with Gasteiger partial charge in [-0.3, -0.25) is 0 Å². The van der Waals surface area contributed by atoms with Crippen LogP contribution in [0.5, 0.6) is 0 Å². The first-order valence-corrected chi connectivity index (χ1v) is 12.4. The summed E-state index contributed by atoms with van der Waals surface area (Å²) < 4.78 is 0. The highest BCUT2D eigenvalue weighted by atomic mass is 14.0. The molecule has 0 aliphatic rings. The molecule has 0 spiro atoms. The summed E-state index contributed by atoms with van der Waals surface area (Å²) in [7, 11) is 0. The van der Waals surface area contributed by atoms with Crippen molar-refractivity contribution in [2.45, 2.75) is 61.8 Å². The number of benzene rings is 5. The van der Waals surface area contributed by atoms with Gasteiger partial charge >= 0.3 is 0 Å². The maximum absolute atomic E-state index is 2.22. The Morgan fingerprint density at radius 3 is 1.17 bits per heavy atom. The molecule has 0 heterocycles. The summed E-state index contributed by atoms with van der Waals surface area (Å²) in [6.45, 7) is 12.9. The van der Waals surface area contributed by atoms with Gasteiger partial charge in [-0.15, -0.1) is 0 Å². The van der Waals surface area contributed by atoms with Crippen LogP contribution in [-0.2, 0) is 12.8 Å². The molecule has 35 heavy (non-hydrogen) atoms. The van der Waals surface area contributed by atoms with Crippen LogP contribution in [0.1, 0.15) is 54.7 Å². The number of hydrogen-bond donors (Lipinski definition) is 0. The molecule has 0 bridgehead atoms. The Bertz CT molecular complexity index is 1230. The second-order valence-electron chi connectivity index (χ2n) is 9.12. The summed E-state index contributed by atoms with van der Waals surface area (Å²) >= 11 is 0. The fraction of sp³-hybridized carbons (Fsp3) is 0.257. The van der Waals surface area contributed by atoms with E-state index in [2.05, 4.69) is 139 Å². The van der Waals surface area contributed by atoms with Crippen LogP contribution in [0, 0.1) is 27.7 Å². The summed E-state index contributed by atoms with van der Waals surface area (Å²) in [5.41, 5.74) is 8.22. The Morgan fingerprint density at radius 2 is 0.829 bits per heavy atom. The number of rotatable bonds is 2. The van der Waals surface area contributed by atoms with Crippen LogP contribution in [0.3, 0.4) is 0 Å². The lowest BCUT2D eigenvalue weighted by Gasteiger charge is -2.01. The lowest BCUT2D eigenvalue weighted by atomic mass is 10.0. The van der Waals surface area contributed by atoms with Crippen molar-refractivity contribution in [1.29, 1.82) is 0 Å². The topological polar surface area (TPSA) is 0 Å². The molecule has 0 fully saturated rings. The summed E-state index contributed by atoms with van der Waals surface area (Å²) in [6.07, 6.45) is 2.29. The molecular weight excluding hydrogens is 420 g/mol. The first kappa shape index (κ1) is 27.9. The van der Waals surface area contributed by atoms with Crippen molar-refractivity contribution in [3.63, 3.8) is 0 Å². The van der Waals surface area contributed by atoms with Crippen LogP contribution in [0.4, 0.5) is 0 Å². The average Bonchev–Trinajstić information content (AvgIpc) is 2.85. The first-order valence-electron chi connectivity index (χ1n) is 12.4. The second-order valence-corrected chi connectivity index (χ2v) is 9.12. The number of fused-ring (bicyclic) bond motifs is 2. The molecule has 0 atom stereocenters. The summed E-state index contributed by atoms with van der Waals surface area (Å²) in [5.74, 6) is 0. The monoisotopic (exact) mass is 462 g/mol. The second kappa shape index (κ2) is 13.5. The van der Waals surface area contributed by atoms with Gasteiger partial charge in [-0.2, -0.15) is 0 Å². The van der Waals surface area contributed by atoms with Gasteiger partial charge in [-0.25, -0.2) is 0 Å². The molecule has 0 saturated carbocycles. The van der Waals surface area contributed by atoms with Crippen LogP contribution in [0.2, 0.25) is 0 Å². The molecule has 0 amide bonds. The van der Waals surface area contributed by atoms with Gasteiger partial charge in [-0.05, 0) is 84.3 Å². The van der Waals surface area contributed by atoms with Crippen molar-refractivity contribution >= 4 is 21.5 Å². The zero-order chi connectivity index (χ0) is 24.5. The molecule has 0 aliphatic heterocycles. The Kier molecular flexibility index (Phi) is 10.7. The van der Waals surface area contributed by atoms with Crippen LogP contribution in [0.15, 0.2) is 97.1 Å². The molecule has 0 aliphatic carbocycles. The predicted octanol–water partition coefficient (Wildman–Crippen LogP) is 10.4. The van der Waals surface area contributed by atoms with Crippen LogP contribution >= 0.6 is 0 Å². The first-order chi connectivity index (χ1) is 16.4. The SMILES string of the molecule is C.CCc1ccc(CC)cc1.Cc1ccc2c(C)cccc2c1.Cc1ccc2c(C)cccc2c1. The van der Waals surface area contributed by atoms with Gasteiger partial charge in [0.2, 0.25) is 0 Å². The van der Waals surface area contributed by atoms with Gasteiger partial charge in [0.25, 0.3) is 0 Å². The van der Waals surface area contributed by atoms with Gasteiger partial charge in [0.15, 0.2) is 0 Å². The van der Waals surface area contributed by atoms with E-state index in [0.717, 1.165) is 12.8 Å². The van der Waals surface area contributed by atoms with Crippen molar-refractivity contribution in [3.05, 3.63) is 130 Å². The molecular formula is C35H42. The highest BCUT2D eigenvalue weighted by Crippen LogP contribution is 2.19. The lowest BCUT2D eigenvalue weighted by Crippen LogP contribution is -1.81. The van der Waals surface area contributed by atoms with E-state index in [1.165, 1.54) is 54.9 Å². The smallest absolute Gasteiger partial charge is 0.0155 e. The minimum Gasteiger partial charge on any atom is -0.0776 e. The van der Waals surface area contributed by atoms with Gasteiger partial charge in [-0.1, -0.05) is 129 Å². The third-order valence-corrected chi connectivity index (χ3v) is 6.35. The van der Waals surface area contributed by atoms with E-state index in [1.807, 2.05) is 0 Å². The molecule has 0 nitrogen and oxygen atoms in total. The van der Waals surface area contributed by atoms with Gasteiger partial charge in [0.1, 0.15) is 0 Å². The predicted molar refractivity (Wildman–Crippen MR) is 159 cm³/mol. The maximum atomic E-state index is 2.22. The fourth-order valence-electron chi connectivity index (χ4n) is 4.14. The zero-order valence-electron chi connectivity index (χ0n) is 21.7. The van der Waals surface area contributed by atoms with Gasteiger partial charge in [0, 0.05) is 0 Å². The summed E-state index contributed by atoms with van der Waals surface area (Å²) in [6, 6.07) is 34.8. The van der Waals surface area contributed by atoms with Crippen LogP contribution in [-0.4, -0.2) is 0 Å². The largest absolute Gasteiger partial charge is 0.0776 e. The quantitative estimate of drug-likeness (QED) is 0.245. The minimum absolute atomic E-state index is 0. The van der Waals surface area contributed by atoms with Crippen molar-refractivity contribution in [2.24, 2.45) is 0 Å². The fourth-order valence-corrected chi connectivity index (χ4v) is 4.14. The maximum Gasteiger partial charge on any atom is -0.0155 e. The summed E-state index contributed by atoms with van der Waals surface area (Å²) in [5, 5.41) is 5.41. The Hall–Kier alpha value is -3.38. The molecule has 0 radical (unpaired) electrons. The van der Waals surface area contributed by atoms with Crippen molar-refractivity contribution in [1.82, 2.24) is 0 Å². The molecule has 0 saturated heterocycles. The molecule has 182 valence electrons. The molecule has 0 unspecified atom stereocenters. The van der Waals surface area contributed by atoms with Crippen LogP contribution in [0.25, 0.3) is 21.5 Å². The van der Waals surface area contributed by atoms with E-state index >= 15 is 0 Å². The molecule has 5 aromatic carbocycles. The average molecular weight is 463 g/mol. The zero-order valence-corrected chi connectivity index (χ0v) is 21.7. The number of hydrogen-bond acceptors (Lipinski definition) is 0. The van der Waals surface area contributed by atoms with Crippen molar-refractivity contribution < 1.29 is 0 Å². The van der Waals surface area contributed by atoms with Gasteiger partial charge in [0.05, 0.1) is 0 Å². The molecule has 0 N–H and O–H groups in total. The minimum atomic E-state index is 0. The van der Waals surface area contributed by atoms with Gasteiger partial charge < -0.3 is 0 Å². The Morgan fingerprint density at radius 1 is 0.457 bits per heavy atom. The van der Waals surface area contributed by atoms with Crippen molar-refractivity contribution in [2.75, 3.05) is 0 Å². The summed E-state index contributed by atoms with van der Waals surface area (Å²) in [4.78, 5) is 0. The van der Waals surface area contributed by atoms with E-state index in [9.17, 15) is 0 Å². The molecule has 5 rings (SSSR count). The van der Waals surface area contributed by atoms with Crippen LogP contribution < -0.4 is 0 Å². The standard InChI is InChI=1S/2C12H12.C10H14.CH4/c2*1-9-6-7-12-10(2)4-3-5-11(12)8-9;1-3-9-5-7-10(4-2)8-6-9;/h2*3-8H,1-2H3;5-8H,3-4H2,1-2H3;1H4. The van der Waals surface area contributed by atoms with E-state index < -0.39 is 0 Å². The lowest BCUT2D eigenvalue weighted by molar-refractivity contribution is 1.10. The third kappa shape index (κ3) is 7.82. The highest BCUT2D eigenvalue weighted by Gasteiger charge is 1.96. The van der Waals surface area contributed by atoms with E-state index in [4.69, 9.17) is 0 Å². The normalized spacial score (nSPS) is 10.0. The molecule has 0 aromatic heterocycles. The van der Waals surface area contributed by atoms with E-state index in [0.29, 0.717) is 0 Å². The number of aryl methyl sites for hydroxylation is 6. The third-order valence-electron chi connectivity index (χ3n) is 6.35. The van der Waals surface area contributed by atoms with E-state index in [1.54, 1.807) is 0 Å². The highest BCUT2D eigenvalue weighted by molar-refractivity contribution is 5.86. The van der Waals surface area contributed by atoms with Crippen molar-refractivity contribution in [3.8, 4) is 0 Å². The molecule has 0 heteroatoms. The Labute approximate surface area is 213 Å².